The lowest BCUT2D eigenvalue weighted by molar-refractivity contribution is -0.115. The average Bonchev–Trinajstić information content (AvgIpc) is 3.02. The van der Waals surface area contributed by atoms with Gasteiger partial charge in [0.1, 0.15) is 5.70 Å². The van der Waals surface area contributed by atoms with E-state index in [2.05, 4.69) is 16.0 Å². The summed E-state index contributed by atoms with van der Waals surface area (Å²) in [6.07, 6.45) is 1.62. The number of anilines is 3. The molecule has 0 bridgehead atoms. The van der Waals surface area contributed by atoms with Crippen LogP contribution in [0.4, 0.5) is 17.1 Å². The standard InChI is InChI=1S/C34H32N4O5S/c1-22(31(39)35-26-13-11-25(12-14-26)34(42)43)44-29-19-15-27(16-20-29)36-33(41)30(37-32(40)24-7-5-4-6-8-24)21-23-9-17-28(18-10-23)38(2)3/h4-22H,1-3H3,(H,35,39)(H,36,41)(H,37,40)(H,42,43)/b30-21-. The van der Waals surface area contributed by atoms with Crippen LogP contribution in [0.15, 0.2) is 114 Å². The summed E-state index contributed by atoms with van der Waals surface area (Å²) in [5.74, 6) is -2.18. The Bertz CT molecular complexity index is 1650. The molecular formula is C34H32N4O5S. The first-order valence-corrected chi connectivity index (χ1v) is 14.5. The highest BCUT2D eigenvalue weighted by Crippen LogP contribution is 2.26. The molecule has 4 rings (SSSR count). The molecule has 4 aromatic rings. The number of carbonyl (C=O) groups excluding carboxylic acids is 3. The Morgan fingerprint density at radius 3 is 1.93 bits per heavy atom. The van der Waals surface area contributed by atoms with E-state index in [9.17, 15) is 19.2 Å². The largest absolute Gasteiger partial charge is 0.478 e. The van der Waals surface area contributed by atoms with Gasteiger partial charge in [-0.3, -0.25) is 14.4 Å². The van der Waals surface area contributed by atoms with Crippen molar-refractivity contribution in [1.29, 1.82) is 0 Å². The number of carbonyl (C=O) groups is 4. The molecule has 224 valence electrons. The monoisotopic (exact) mass is 608 g/mol. The number of benzene rings is 4. The van der Waals surface area contributed by atoms with Crippen LogP contribution in [0.25, 0.3) is 6.08 Å². The van der Waals surface area contributed by atoms with Gasteiger partial charge in [0, 0.05) is 41.6 Å². The summed E-state index contributed by atoms with van der Waals surface area (Å²) in [5.41, 5.74) is 3.40. The molecule has 44 heavy (non-hydrogen) atoms. The van der Waals surface area contributed by atoms with Crippen molar-refractivity contribution in [3.63, 3.8) is 0 Å². The van der Waals surface area contributed by atoms with Crippen molar-refractivity contribution in [3.05, 3.63) is 126 Å². The van der Waals surface area contributed by atoms with Crippen molar-refractivity contribution in [2.45, 2.75) is 17.1 Å². The maximum absolute atomic E-state index is 13.3. The van der Waals surface area contributed by atoms with E-state index < -0.39 is 23.0 Å². The van der Waals surface area contributed by atoms with Crippen LogP contribution in [0.5, 0.6) is 0 Å². The van der Waals surface area contributed by atoms with Crippen LogP contribution in [-0.4, -0.2) is 48.1 Å². The summed E-state index contributed by atoms with van der Waals surface area (Å²) in [7, 11) is 3.88. The van der Waals surface area contributed by atoms with E-state index in [0.29, 0.717) is 16.9 Å². The Morgan fingerprint density at radius 1 is 0.750 bits per heavy atom. The minimum absolute atomic E-state index is 0.0802. The van der Waals surface area contributed by atoms with Crippen molar-refractivity contribution in [2.24, 2.45) is 0 Å². The van der Waals surface area contributed by atoms with Crippen molar-refractivity contribution in [3.8, 4) is 0 Å². The smallest absolute Gasteiger partial charge is 0.335 e. The van der Waals surface area contributed by atoms with Gasteiger partial charge in [-0.05, 0) is 91.4 Å². The van der Waals surface area contributed by atoms with Crippen LogP contribution in [0.2, 0.25) is 0 Å². The molecule has 1 unspecified atom stereocenters. The van der Waals surface area contributed by atoms with E-state index >= 15 is 0 Å². The fourth-order valence-electron chi connectivity index (χ4n) is 3.99. The second-order valence-electron chi connectivity index (χ2n) is 9.97. The van der Waals surface area contributed by atoms with Crippen LogP contribution >= 0.6 is 11.8 Å². The molecule has 0 spiro atoms. The molecule has 10 heteroatoms. The molecule has 0 aromatic heterocycles. The molecule has 0 radical (unpaired) electrons. The number of thioether (sulfide) groups is 1. The molecule has 3 amide bonds. The predicted octanol–water partition coefficient (Wildman–Crippen LogP) is 5.98. The fraction of sp³-hybridized carbons (Fsp3) is 0.118. The van der Waals surface area contributed by atoms with Gasteiger partial charge in [-0.15, -0.1) is 11.8 Å². The molecule has 0 fully saturated rings. The molecule has 1 atom stereocenters. The van der Waals surface area contributed by atoms with Gasteiger partial charge < -0.3 is 26.0 Å². The second-order valence-corrected chi connectivity index (χ2v) is 11.4. The first kappa shape index (κ1) is 31.6. The van der Waals surface area contributed by atoms with Crippen molar-refractivity contribution >= 4 is 58.6 Å². The third kappa shape index (κ3) is 8.83. The number of carboxylic acids is 1. The zero-order valence-electron chi connectivity index (χ0n) is 24.4. The zero-order chi connectivity index (χ0) is 31.6. The summed E-state index contributed by atoms with van der Waals surface area (Å²) in [4.78, 5) is 52.7. The zero-order valence-corrected chi connectivity index (χ0v) is 25.2. The first-order valence-electron chi connectivity index (χ1n) is 13.7. The lowest BCUT2D eigenvalue weighted by Crippen LogP contribution is -2.30. The number of nitrogens with one attached hydrogen (secondary N) is 3. The predicted molar refractivity (Wildman–Crippen MR) is 175 cm³/mol. The van der Waals surface area contributed by atoms with Gasteiger partial charge in [0.25, 0.3) is 11.8 Å². The molecule has 0 heterocycles. The molecule has 4 aromatic carbocycles. The highest BCUT2D eigenvalue weighted by Gasteiger charge is 2.17. The highest BCUT2D eigenvalue weighted by molar-refractivity contribution is 8.00. The number of carboxylic acid groups (broad SMARTS) is 1. The maximum atomic E-state index is 13.3. The topological polar surface area (TPSA) is 128 Å². The number of rotatable bonds is 11. The Kier molecular flexibility index (Phi) is 10.6. The summed E-state index contributed by atoms with van der Waals surface area (Å²) in [6.45, 7) is 1.76. The van der Waals surface area contributed by atoms with Gasteiger partial charge in [-0.1, -0.05) is 30.3 Å². The molecule has 0 saturated heterocycles. The molecule has 9 nitrogen and oxygen atoms in total. The van der Waals surface area contributed by atoms with Gasteiger partial charge in [0.15, 0.2) is 0 Å². The fourth-order valence-corrected chi connectivity index (χ4v) is 4.86. The van der Waals surface area contributed by atoms with Crippen LogP contribution in [0.1, 0.15) is 33.2 Å². The van der Waals surface area contributed by atoms with Gasteiger partial charge in [-0.2, -0.15) is 0 Å². The third-order valence-corrected chi connectivity index (χ3v) is 7.55. The highest BCUT2D eigenvalue weighted by atomic mass is 32.2. The molecule has 0 aliphatic heterocycles. The van der Waals surface area contributed by atoms with E-state index in [1.54, 1.807) is 73.7 Å². The number of hydrogen-bond acceptors (Lipinski definition) is 6. The maximum Gasteiger partial charge on any atom is 0.335 e. The average molecular weight is 609 g/mol. The second kappa shape index (κ2) is 14.7. The Hall–Kier alpha value is -5.35. The summed E-state index contributed by atoms with van der Waals surface area (Å²) in [5, 5.41) is 16.9. The van der Waals surface area contributed by atoms with Crippen LogP contribution < -0.4 is 20.9 Å². The van der Waals surface area contributed by atoms with E-state index in [1.807, 2.05) is 49.3 Å². The molecular weight excluding hydrogens is 576 g/mol. The Morgan fingerprint density at radius 2 is 1.34 bits per heavy atom. The van der Waals surface area contributed by atoms with Crippen LogP contribution in [0.3, 0.4) is 0 Å². The van der Waals surface area contributed by atoms with Gasteiger partial charge >= 0.3 is 5.97 Å². The molecule has 4 N–H and O–H groups in total. The van der Waals surface area contributed by atoms with Gasteiger partial charge in [0.2, 0.25) is 5.91 Å². The van der Waals surface area contributed by atoms with E-state index in [4.69, 9.17) is 5.11 Å². The number of nitrogens with zero attached hydrogens (tertiary/aromatic N) is 1. The van der Waals surface area contributed by atoms with Crippen LogP contribution in [-0.2, 0) is 9.59 Å². The molecule has 0 saturated carbocycles. The van der Waals surface area contributed by atoms with Crippen molar-refractivity contribution in [2.75, 3.05) is 29.6 Å². The summed E-state index contributed by atoms with van der Waals surface area (Å²) in [6, 6.07) is 29.2. The Labute approximate surface area is 260 Å². The SMILES string of the molecule is CC(Sc1ccc(NC(=O)/C(=C/c2ccc(N(C)C)cc2)NC(=O)c2ccccc2)cc1)C(=O)Nc1ccc(C(=O)O)cc1. The molecule has 0 aliphatic carbocycles. The number of amides is 3. The first-order chi connectivity index (χ1) is 21.1. The summed E-state index contributed by atoms with van der Waals surface area (Å²) >= 11 is 1.33. The van der Waals surface area contributed by atoms with Crippen LogP contribution in [0, 0.1) is 0 Å². The normalized spacial score (nSPS) is 11.7. The van der Waals surface area contributed by atoms with Gasteiger partial charge in [-0.25, -0.2) is 4.79 Å². The molecule has 0 aliphatic rings. The minimum atomic E-state index is -1.04. The lowest BCUT2D eigenvalue weighted by Gasteiger charge is -2.14. The van der Waals surface area contributed by atoms with Crippen molar-refractivity contribution in [1.82, 2.24) is 5.32 Å². The van der Waals surface area contributed by atoms with Gasteiger partial charge in [0.05, 0.1) is 10.8 Å². The quantitative estimate of drug-likeness (QED) is 0.122. The minimum Gasteiger partial charge on any atom is -0.478 e. The number of hydrogen-bond donors (Lipinski definition) is 4. The number of aromatic carboxylic acids is 1. The summed E-state index contributed by atoms with van der Waals surface area (Å²) < 4.78 is 0. The van der Waals surface area contributed by atoms with Crippen molar-refractivity contribution < 1.29 is 24.3 Å². The Balaban J connectivity index is 1.42. The third-order valence-electron chi connectivity index (χ3n) is 6.44. The lowest BCUT2D eigenvalue weighted by atomic mass is 10.1. The van der Waals surface area contributed by atoms with E-state index in [-0.39, 0.29) is 17.2 Å². The van der Waals surface area contributed by atoms with E-state index in [1.165, 1.54) is 23.9 Å². The van der Waals surface area contributed by atoms with E-state index in [0.717, 1.165) is 16.1 Å².